The van der Waals surface area contributed by atoms with Crippen molar-refractivity contribution in [3.05, 3.63) is 28.2 Å². The summed E-state index contributed by atoms with van der Waals surface area (Å²) >= 11 is 7.48. The maximum atomic E-state index is 9.30. The minimum absolute atomic E-state index is 0.271. The third kappa shape index (κ3) is 3.06. The molecule has 3 rings (SSSR count). The molecule has 0 spiro atoms. The van der Waals surface area contributed by atoms with Gasteiger partial charge in [0.15, 0.2) is 5.76 Å². The summed E-state index contributed by atoms with van der Waals surface area (Å²) in [6.07, 6.45) is 4.03. The van der Waals surface area contributed by atoms with E-state index in [9.17, 15) is 5.11 Å². The van der Waals surface area contributed by atoms with Gasteiger partial charge in [-0.25, -0.2) is 0 Å². The van der Waals surface area contributed by atoms with Crippen LogP contribution >= 0.6 is 22.9 Å². The minimum Gasteiger partial charge on any atom is -0.396 e. The normalized spacial score (nSPS) is 20.4. The Bertz CT molecular complexity index is 569. The first-order chi connectivity index (χ1) is 9.76. The highest BCUT2D eigenvalue weighted by Crippen LogP contribution is 2.33. The Balaban J connectivity index is 1.73. The lowest BCUT2D eigenvalue weighted by molar-refractivity contribution is 0.116. The number of aromatic nitrogens is 1. The molecule has 0 amide bonds. The summed E-state index contributed by atoms with van der Waals surface area (Å²) < 4.78 is 6.14. The molecule has 1 atom stereocenters. The van der Waals surface area contributed by atoms with E-state index in [2.05, 4.69) is 10.1 Å². The molecule has 20 heavy (non-hydrogen) atoms. The zero-order chi connectivity index (χ0) is 13.9. The second-order valence-electron chi connectivity index (χ2n) is 5.21. The van der Waals surface area contributed by atoms with E-state index in [1.807, 2.05) is 12.1 Å². The highest BCUT2D eigenvalue weighted by Gasteiger charge is 2.22. The predicted molar refractivity (Wildman–Crippen MR) is 79.9 cm³/mol. The average molecular weight is 313 g/mol. The van der Waals surface area contributed by atoms with Crippen molar-refractivity contribution in [3.63, 3.8) is 0 Å². The van der Waals surface area contributed by atoms with Gasteiger partial charge in [-0.2, -0.15) is 0 Å². The van der Waals surface area contributed by atoms with Crippen LogP contribution in [-0.2, 0) is 6.54 Å². The second kappa shape index (κ2) is 6.26. The number of hydrogen-bond donors (Lipinski definition) is 1. The monoisotopic (exact) mass is 312 g/mol. The smallest absolute Gasteiger partial charge is 0.181 e. The Morgan fingerprint density at radius 1 is 1.50 bits per heavy atom. The molecule has 2 aromatic heterocycles. The molecule has 0 saturated carbocycles. The molecule has 6 heteroatoms. The van der Waals surface area contributed by atoms with Crippen LogP contribution in [-0.4, -0.2) is 34.9 Å². The van der Waals surface area contributed by atoms with Crippen LogP contribution in [0.2, 0.25) is 4.34 Å². The Morgan fingerprint density at radius 3 is 3.15 bits per heavy atom. The summed E-state index contributed by atoms with van der Waals surface area (Å²) in [5, 5.41) is 13.2. The lowest BCUT2D eigenvalue weighted by Crippen LogP contribution is -2.36. The summed E-state index contributed by atoms with van der Waals surface area (Å²) in [5.41, 5.74) is 1.09. The molecule has 0 aliphatic carbocycles. The lowest BCUT2D eigenvalue weighted by atomic mass is 9.98. The summed E-state index contributed by atoms with van der Waals surface area (Å²) in [5.74, 6) is 1.20. The summed E-state index contributed by atoms with van der Waals surface area (Å²) in [7, 11) is 0. The molecular weight excluding hydrogens is 296 g/mol. The lowest BCUT2D eigenvalue weighted by Gasteiger charge is -2.31. The maximum Gasteiger partial charge on any atom is 0.181 e. The molecule has 1 aliphatic rings. The van der Waals surface area contributed by atoms with Crippen molar-refractivity contribution in [2.24, 2.45) is 5.92 Å². The summed E-state index contributed by atoms with van der Waals surface area (Å²) in [4.78, 5) is 3.37. The van der Waals surface area contributed by atoms with Crippen molar-refractivity contribution < 1.29 is 9.63 Å². The maximum absolute atomic E-state index is 9.30. The highest BCUT2D eigenvalue weighted by molar-refractivity contribution is 7.19. The van der Waals surface area contributed by atoms with E-state index in [1.165, 1.54) is 11.3 Å². The molecule has 0 bridgehead atoms. The van der Waals surface area contributed by atoms with Crippen LogP contribution in [0.15, 0.2) is 22.9 Å². The molecule has 4 nitrogen and oxygen atoms in total. The first-order valence-electron chi connectivity index (χ1n) is 6.78. The number of nitrogens with zero attached hydrogens (tertiary/aromatic N) is 2. The molecule has 1 fully saturated rings. The van der Waals surface area contributed by atoms with Crippen molar-refractivity contribution >= 4 is 22.9 Å². The largest absolute Gasteiger partial charge is 0.396 e. The SMILES string of the molecule is OCC1CCCN(Cc2cnoc2-c2ccc(Cl)s2)C1. The predicted octanol–water partition coefficient (Wildman–Crippen LogP) is 3.26. The Hall–Kier alpha value is -0.880. The molecule has 1 unspecified atom stereocenters. The van der Waals surface area contributed by atoms with Crippen molar-refractivity contribution in [2.75, 3.05) is 19.7 Å². The van der Waals surface area contributed by atoms with Crippen molar-refractivity contribution in [1.82, 2.24) is 10.1 Å². The van der Waals surface area contributed by atoms with Gasteiger partial charge in [-0.05, 0) is 37.4 Å². The molecule has 1 aliphatic heterocycles. The standard InChI is InChI=1S/C14H17ClN2O2S/c15-13-4-3-12(20-13)14-11(6-16-19-14)8-17-5-1-2-10(7-17)9-18/h3-4,6,10,18H,1-2,5,7-9H2. The first kappa shape index (κ1) is 14.1. The zero-order valence-corrected chi connectivity index (χ0v) is 12.7. The van der Waals surface area contributed by atoms with E-state index in [0.717, 1.165) is 53.0 Å². The molecule has 3 heterocycles. The number of piperidine rings is 1. The Labute approximate surface area is 127 Å². The fourth-order valence-electron chi connectivity index (χ4n) is 2.70. The molecule has 0 aromatic carbocycles. The molecule has 0 radical (unpaired) electrons. The fourth-order valence-corrected chi connectivity index (χ4v) is 3.75. The van der Waals surface area contributed by atoms with Crippen molar-refractivity contribution in [3.8, 4) is 10.6 Å². The van der Waals surface area contributed by atoms with Gasteiger partial charge in [-0.15, -0.1) is 11.3 Å². The number of likely N-dealkylation sites (tertiary alicyclic amines) is 1. The third-order valence-electron chi connectivity index (χ3n) is 3.70. The second-order valence-corrected chi connectivity index (χ2v) is 6.92. The summed E-state index contributed by atoms with van der Waals surface area (Å²) in [6, 6.07) is 3.83. The van der Waals surface area contributed by atoms with E-state index in [4.69, 9.17) is 16.1 Å². The van der Waals surface area contributed by atoms with Crippen molar-refractivity contribution in [1.29, 1.82) is 0 Å². The van der Waals surface area contributed by atoms with Gasteiger partial charge in [0.05, 0.1) is 15.4 Å². The van der Waals surface area contributed by atoms with Gasteiger partial charge < -0.3 is 9.63 Å². The molecule has 1 N–H and O–H groups in total. The van der Waals surface area contributed by atoms with Gasteiger partial charge in [0.2, 0.25) is 0 Å². The number of thiophene rings is 1. The quantitative estimate of drug-likeness (QED) is 0.941. The molecule has 108 valence electrons. The van der Waals surface area contributed by atoms with Crippen LogP contribution < -0.4 is 0 Å². The number of hydrogen-bond acceptors (Lipinski definition) is 5. The first-order valence-corrected chi connectivity index (χ1v) is 7.98. The number of rotatable bonds is 4. The van der Waals surface area contributed by atoms with Gasteiger partial charge in [0, 0.05) is 25.3 Å². The fraction of sp³-hybridized carbons (Fsp3) is 0.500. The van der Waals surface area contributed by atoms with Crippen LogP contribution in [0.5, 0.6) is 0 Å². The van der Waals surface area contributed by atoms with E-state index >= 15 is 0 Å². The van der Waals surface area contributed by atoms with Crippen LogP contribution in [0.3, 0.4) is 0 Å². The highest BCUT2D eigenvalue weighted by atomic mass is 35.5. The van der Waals surface area contributed by atoms with E-state index in [-0.39, 0.29) is 6.61 Å². The Morgan fingerprint density at radius 2 is 2.40 bits per heavy atom. The van der Waals surface area contributed by atoms with Gasteiger partial charge in [-0.3, -0.25) is 4.90 Å². The van der Waals surface area contributed by atoms with Gasteiger partial charge in [-0.1, -0.05) is 16.8 Å². The van der Waals surface area contributed by atoms with Crippen LogP contribution in [0.1, 0.15) is 18.4 Å². The van der Waals surface area contributed by atoms with Crippen molar-refractivity contribution in [2.45, 2.75) is 19.4 Å². The third-order valence-corrected chi connectivity index (χ3v) is 4.93. The van der Waals surface area contributed by atoms with Gasteiger partial charge >= 0.3 is 0 Å². The van der Waals surface area contributed by atoms with E-state index in [1.54, 1.807) is 6.20 Å². The van der Waals surface area contributed by atoms with Crippen LogP contribution in [0.4, 0.5) is 0 Å². The zero-order valence-electron chi connectivity index (χ0n) is 11.1. The number of aliphatic hydroxyl groups excluding tert-OH is 1. The van der Waals surface area contributed by atoms with E-state index in [0.29, 0.717) is 5.92 Å². The Kier molecular flexibility index (Phi) is 4.41. The minimum atomic E-state index is 0.271. The number of halogens is 1. The van der Waals surface area contributed by atoms with E-state index < -0.39 is 0 Å². The topological polar surface area (TPSA) is 49.5 Å². The van der Waals surface area contributed by atoms with Gasteiger partial charge in [0.1, 0.15) is 0 Å². The molecule has 2 aromatic rings. The van der Waals surface area contributed by atoms with Gasteiger partial charge in [0.25, 0.3) is 0 Å². The van der Waals surface area contributed by atoms with Crippen LogP contribution in [0, 0.1) is 5.92 Å². The molecule has 1 saturated heterocycles. The van der Waals surface area contributed by atoms with Crippen LogP contribution in [0.25, 0.3) is 10.6 Å². The number of aliphatic hydroxyl groups is 1. The molecular formula is C14H17ClN2O2S. The average Bonchev–Trinajstić information content (AvgIpc) is 3.08. The summed E-state index contributed by atoms with van der Waals surface area (Å²) in [6.45, 7) is 3.08.